The smallest absolute Gasteiger partial charge is 0.318 e. The molecule has 0 aliphatic rings. The predicted octanol–water partition coefficient (Wildman–Crippen LogP) is 0.422. The van der Waals surface area contributed by atoms with Crippen LogP contribution in [0.3, 0.4) is 0 Å². The van der Waals surface area contributed by atoms with Crippen molar-refractivity contribution in [3.63, 3.8) is 0 Å². The van der Waals surface area contributed by atoms with Gasteiger partial charge in [0.25, 0.3) is 0 Å². The lowest BCUT2D eigenvalue weighted by Gasteiger charge is -2.20. The normalized spacial score (nSPS) is 12.7. The number of rotatable bonds is 8. The van der Waals surface area contributed by atoms with Gasteiger partial charge in [-0.15, -0.1) is 0 Å². The summed E-state index contributed by atoms with van der Waals surface area (Å²) in [6.07, 6.45) is 0.433. The minimum absolute atomic E-state index is 0.0271. The summed E-state index contributed by atoms with van der Waals surface area (Å²) >= 11 is 0. The first-order valence-corrected chi connectivity index (χ1v) is 9.66. The van der Waals surface area contributed by atoms with Gasteiger partial charge in [0, 0.05) is 20.6 Å². The fraction of sp³-hybridized carbons (Fsp3) is 0.462. The number of benzene rings is 1. The Balaban J connectivity index is 3.36. The molecule has 0 atom stereocenters. The van der Waals surface area contributed by atoms with Gasteiger partial charge in [0.1, 0.15) is 6.54 Å². The number of sulfonamides is 2. The fourth-order valence-corrected chi connectivity index (χ4v) is 4.39. The molecule has 1 aromatic rings. The van der Waals surface area contributed by atoms with Crippen molar-refractivity contribution >= 4 is 26.0 Å². The van der Waals surface area contributed by atoms with Gasteiger partial charge in [0.15, 0.2) is 0 Å². The van der Waals surface area contributed by atoms with Crippen LogP contribution in [0.4, 0.5) is 0 Å². The zero-order chi connectivity index (χ0) is 17.8. The van der Waals surface area contributed by atoms with Gasteiger partial charge < -0.3 is 5.11 Å². The van der Waals surface area contributed by atoms with Crippen molar-refractivity contribution in [3.8, 4) is 0 Å². The van der Waals surface area contributed by atoms with Crippen LogP contribution in [-0.2, 0) is 24.8 Å². The molecule has 1 aromatic carbocycles. The molecule has 0 unspecified atom stereocenters. The van der Waals surface area contributed by atoms with E-state index in [4.69, 9.17) is 5.11 Å². The van der Waals surface area contributed by atoms with Crippen LogP contribution >= 0.6 is 0 Å². The van der Waals surface area contributed by atoms with E-state index in [9.17, 15) is 21.6 Å². The van der Waals surface area contributed by atoms with Gasteiger partial charge in [-0.1, -0.05) is 13.0 Å². The zero-order valence-electron chi connectivity index (χ0n) is 13.1. The first-order valence-electron chi connectivity index (χ1n) is 6.78. The van der Waals surface area contributed by atoms with Crippen molar-refractivity contribution in [1.29, 1.82) is 0 Å². The van der Waals surface area contributed by atoms with Crippen LogP contribution in [0.25, 0.3) is 0 Å². The van der Waals surface area contributed by atoms with Gasteiger partial charge in [-0.05, 0) is 24.6 Å². The number of carbonyl (C=O) groups is 1. The van der Waals surface area contributed by atoms with Gasteiger partial charge in [0.2, 0.25) is 20.0 Å². The molecule has 10 heteroatoms. The average molecular weight is 364 g/mol. The number of hydrogen-bond acceptors (Lipinski definition) is 5. The van der Waals surface area contributed by atoms with E-state index in [1.54, 1.807) is 6.92 Å². The van der Waals surface area contributed by atoms with E-state index in [2.05, 4.69) is 0 Å². The molecule has 0 radical (unpaired) electrons. The first kappa shape index (κ1) is 19.6. The summed E-state index contributed by atoms with van der Waals surface area (Å²) in [6.45, 7) is 1.07. The highest BCUT2D eigenvalue weighted by Crippen LogP contribution is 2.21. The highest BCUT2D eigenvalue weighted by atomic mass is 32.2. The van der Waals surface area contributed by atoms with Gasteiger partial charge in [0.05, 0.1) is 9.79 Å². The van der Waals surface area contributed by atoms with E-state index >= 15 is 0 Å². The third-order valence-corrected chi connectivity index (χ3v) is 6.66. The number of carboxylic acids is 1. The molecule has 0 saturated carbocycles. The molecule has 1 N–H and O–H groups in total. The molecule has 0 bridgehead atoms. The third kappa shape index (κ3) is 4.50. The highest BCUT2D eigenvalue weighted by Gasteiger charge is 2.27. The van der Waals surface area contributed by atoms with Crippen LogP contribution in [-0.4, -0.2) is 63.7 Å². The Kier molecular flexibility index (Phi) is 6.28. The molecule has 130 valence electrons. The molecule has 1 rings (SSSR count). The Hall–Kier alpha value is -1.49. The summed E-state index contributed by atoms with van der Waals surface area (Å²) in [6, 6.07) is 4.88. The number of hydrogen-bond donors (Lipinski definition) is 1. The van der Waals surface area contributed by atoms with E-state index in [0.717, 1.165) is 14.7 Å². The SMILES string of the molecule is CCCN(CC(=O)O)S(=O)(=O)c1cccc(S(=O)(=O)N(C)C)c1. The molecule has 23 heavy (non-hydrogen) atoms. The minimum atomic E-state index is -4.10. The highest BCUT2D eigenvalue weighted by molar-refractivity contribution is 7.90. The molecule has 0 aliphatic heterocycles. The van der Waals surface area contributed by atoms with Crippen molar-refractivity contribution in [2.75, 3.05) is 27.2 Å². The van der Waals surface area contributed by atoms with Crippen LogP contribution in [0.2, 0.25) is 0 Å². The van der Waals surface area contributed by atoms with E-state index in [1.807, 2.05) is 0 Å². The van der Waals surface area contributed by atoms with E-state index in [0.29, 0.717) is 6.42 Å². The molecule has 0 aromatic heterocycles. The zero-order valence-corrected chi connectivity index (χ0v) is 14.8. The second-order valence-corrected chi connectivity index (χ2v) is 9.08. The van der Waals surface area contributed by atoms with Crippen molar-refractivity contribution in [3.05, 3.63) is 24.3 Å². The topological polar surface area (TPSA) is 112 Å². The van der Waals surface area contributed by atoms with Crippen LogP contribution in [0.15, 0.2) is 34.1 Å². The summed E-state index contributed by atoms with van der Waals surface area (Å²) in [5.41, 5.74) is 0. The largest absolute Gasteiger partial charge is 0.480 e. The van der Waals surface area contributed by atoms with Crippen molar-refractivity contribution in [2.45, 2.75) is 23.1 Å². The maximum atomic E-state index is 12.6. The van der Waals surface area contributed by atoms with Crippen molar-refractivity contribution in [2.24, 2.45) is 0 Å². The Labute approximate surface area is 136 Å². The minimum Gasteiger partial charge on any atom is -0.480 e. The second kappa shape index (κ2) is 7.39. The summed E-state index contributed by atoms with van der Waals surface area (Å²) in [5.74, 6) is -1.28. The van der Waals surface area contributed by atoms with Crippen molar-refractivity contribution < 1.29 is 26.7 Å². The summed E-state index contributed by atoms with van der Waals surface area (Å²) < 4.78 is 51.1. The molecule has 0 heterocycles. The lowest BCUT2D eigenvalue weighted by molar-refractivity contribution is -0.137. The molecule has 0 spiro atoms. The number of nitrogens with zero attached hydrogens (tertiary/aromatic N) is 2. The molecule has 0 aliphatic carbocycles. The molecule has 0 saturated heterocycles. The first-order chi connectivity index (χ1) is 10.5. The van der Waals surface area contributed by atoms with Crippen molar-refractivity contribution in [1.82, 2.24) is 8.61 Å². The fourth-order valence-electron chi connectivity index (χ4n) is 1.84. The Bertz CT molecular complexity index is 771. The maximum Gasteiger partial charge on any atom is 0.318 e. The van der Waals surface area contributed by atoms with Gasteiger partial charge >= 0.3 is 5.97 Å². The van der Waals surface area contributed by atoms with Gasteiger partial charge in [-0.25, -0.2) is 21.1 Å². The lowest BCUT2D eigenvalue weighted by atomic mass is 10.4. The summed E-state index contributed by atoms with van der Waals surface area (Å²) in [5, 5.41) is 8.87. The van der Waals surface area contributed by atoms with Crippen LogP contribution in [0.5, 0.6) is 0 Å². The summed E-state index contributed by atoms with van der Waals surface area (Å²) in [7, 11) is -5.21. The Morgan fingerprint density at radius 2 is 1.61 bits per heavy atom. The summed E-state index contributed by atoms with van der Waals surface area (Å²) in [4.78, 5) is 10.4. The molecule has 0 amide bonds. The average Bonchev–Trinajstić information content (AvgIpc) is 2.46. The van der Waals surface area contributed by atoms with E-state index < -0.39 is 32.6 Å². The number of aliphatic carboxylic acids is 1. The van der Waals surface area contributed by atoms with Crippen LogP contribution in [0, 0.1) is 0 Å². The monoisotopic (exact) mass is 364 g/mol. The molecular weight excluding hydrogens is 344 g/mol. The molecule has 8 nitrogen and oxygen atoms in total. The molecule has 0 fully saturated rings. The molecular formula is C13H20N2O6S2. The van der Waals surface area contributed by atoms with Crippen LogP contribution < -0.4 is 0 Å². The van der Waals surface area contributed by atoms with Gasteiger partial charge in [-0.2, -0.15) is 4.31 Å². The Morgan fingerprint density at radius 3 is 2.04 bits per heavy atom. The third-order valence-electron chi connectivity index (χ3n) is 3.01. The van der Waals surface area contributed by atoms with E-state index in [-0.39, 0.29) is 16.3 Å². The second-order valence-electron chi connectivity index (χ2n) is 4.99. The Morgan fingerprint density at radius 1 is 1.09 bits per heavy atom. The van der Waals surface area contributed by atoms with Crippen LogP contribution in [0.1, 0.15) is 13.3 Å². The number of carboxylic acid groups (broad SMARTS) is 1. The predicted molar refractivity (Wildman–Crippen MR) is 84.0 cm³/mol. The van der Waals surface area contributed by atoms with E-state index in [1.165, 1.54) is 32.3 Å². The van der Waals surface area contributed by atoms with Gasteiger partial charge in [-0.3, -0.25) is 4.79 Å². The maximum absolute atomic E-state index is 12.6. The standard InChI is InChI=1S/C13H20N2O6S2/c1-4-8-15(10-13(16)17)23(20,21)12-7-5-6-11(9-12)22(18,19)14(2)3/h5-7,9H,4,8,10H2,1-3H3,(H,16,17). The quantitative estimate of drug-likeness (QED) is 0.715. The lowest BCUT2D eigenvalue weighted by Crippen LogP contribution is -2.36.